The average Bonchev–Trinajstić information content (AvgIpc) is 2.93. The molecule has 2 atom stereocenters. The van der Waals surface area contributed by atoms with Gasteiger partial charge in [0, 0.05) is 25.6 Å². The van der Waals surface area contributed by atoms with E-state index in [1.807, 2.05) is 18.7 Å². The molecule has 2 fully saturated rings. The Kier molecular flexibility index (Phi) is 5.76. The number of hydrogen-bond donors (Lipinski definition) is 1. The number of nitrogens with zero attached hydrogens (tertiary/aromatic N) is 2. The van der Waals surface area contributed by atoms with Crippen LogP contribution >= 0.6 is 0 Å². The summed E-state index contributed by atoms with van der Waals surface area (Å²) < 4.78 is 19.9. The van der Waals surface area contributed by atoms with Gasteiger partial charge in [0.1, 0.15) is 11.9 Å². The number of urea groups is 1. The van der Waals surface area contributed by atoms with Crippen LogP contribution in [0.3, 0.4) is 0 Å². The third-order valence-electron chi connectivity index (χ3n) is 5.18. The molecular formula is C19H26FN3O3. The number of hydrogen-bond acceptors (Lipinski definition) is 4. The van der Waals surface area contributed by atoms with Gasteiger partial charge in [-0.25, -0.2) is 9.18 Å². The van der Waals surface area contributed by atoms with Crippen LogP contribution in [0, 0.1) is 11.7 Å². The molecule has 26 heavy (non-hydrogen) atoms. The van der Waals surface area contributed by atoms with Gasteiger partial charge in [-0.2, -0.15) is 0 Å². The van der Waals surface area contributed by atoms with E-state index in [9.17, 15) is 14.0 Å². The van der Waals surface area contributed by atoms with Gasteiger partial charge >= 0.3 is 6.03 Å². The maximum Gasteiger partial charge on any atom is 0.325 e. The van der Waals surface area contributed by atoms with Crippen LogP contribution in [0.1, 0.15) is 32.3 Å². The molecule has 0 saturated carbocycles. The average molecular weight is 363 g/mol. The van der Waals surface area contributed by atoms with Crippen molar-refractivity contribution in [1.82, 2.24) is 10.2 Å². The number of nitrogens with one attached hydrogen (secondary N) is 1. The highest BCUT2D eigenvalue weighted by molar-refractivity contribution is 6.04. The molecule has 0 aromatic heterocycles. The van der Waals surface area contributed by atoms with Crippen LogP contribution in [0.25, 0.3) is 0 Å². The highest BCUT2D eigenvalue weighted by atomic mass is 19.1. The molecule has 1 N–H and O–H groups in total. The van der Waals surface area contributed by atoms with E-state index in [2.05, 4.69) is 5.32 Å². The number of benzene rings is 1. The molecule has 3 amide bonds. The van der Waals surface area contributed by atoms with Crippen LogP contribution in [0.5, 0.6) is 0 Å². The smallest absolute Gasteiger partial charge is 0.325 e. The van der Waals surface area contributed by atoms with Gasteiger partial charge in [0.15, 0.2) is 0 Å². The lowest BCUT2D eigenvalue weighted by Crippen LogP contribution is -2.41. The zero-order valence-corrected chi connectivity index (χ0v) is 15.3. The summed E-state index contributed by atoms with van der Waals surface area (Å²) in [5.74, 6) is -0.582. The number of ether oxygens (including phenoxy) is 1. The van der Waals surface area contributed by atoms with Gasteiger partial charge in [-0.3, -0.25) is 9.69 Å². The Hall–Kier alpha value is -2.15. The standard InChI is InChI=1S/C19H26FN3O3/c1-3-22(4-2)16-8-7-13(10-15(16)20)11-23-18(24)17(21-19(23)25)14-6-5-9-26-12-14/h7-8,10,14,17H,3-6,9,11-12H2,1-2H3,(H,21,25). The Morgan fingerprint density at radius 2 is 2.08 bits per heavy atom. The van der Waals surface area contributed by atoms with Crippen molar-refractivity contribution in [1.29, 1.82) is 0 Å². The summed E-state index contributed by atoms with van der Waals surface area (Å²) in [7, 11) is 0. The third kappa shape index (κ3) is 3.67. The van der Waals surface area contributed by atoms with Crippen LogP contribution < -0.4 is 10.2 Å². The molecular weight excluding hydrogens is 337 g/mol. The Labute approximate surface area is 153 Å². The predicted molar refractivity (Wildman–Crippen MR) is 96.4 cm³/mol. The fourth-order valence-corrected chi connectivity index (χ4v) is 3.69. The fourth-order valence-electron chi connectivity index (χ4n) is 3.69. The molecule has 1 aromatic carbocycles. The Balaban J connectivity index is 1.71. The van der Waals surface area contributed by atoms with Gasteiger partial charge in [0.05, 0.1) is 18.8 Å². The molecule has 0 bridgehead atoms. The van der Waals surface area contributed by atoms with Crippen molar-refractivity contribution >= 4 is 17.6 Å². The first kappa shape index (κ1) is 18.6. The molecule has 0 aliphatic carbocycles. The van der Waals surface area contributed by atoms with Gasteiger partial charge in [0.2, 0.25) is 0 Å². The molecule has 1 aromatic rings. The van der Waals surface area contributed by atoms with Gasteiger partial charge in [-0.1, -0.05) is 6.07 Å². The summed E-state index contributed by atoms with van der Waals surface area (Å²) in [6.07, 6.45) is 1.75. The minimum Gasteiger partial charge on any atom is -0.381 e. The largest absolute Gasteiger partial charge is 0.381 e. The summed E-state index contributed by atoms with van der Waals surface area (Å²) in [5, 5.41) is 2.76. The lowest BCUT2D eigenvalue weighted by molar-refractivity contribution is -0.130. The Morgan fingerprint density at radius 1 is 1.31 bits per heavy atom. The summed E-state index contributed by atoms with van der Waals surface area (Å²) >= 11 is 0. The summed E-state index contributed by atoms with van der Waals surface area (Å²) in [6.45, 7) is 6.63. The molecule has 0 radical (unpaired) electrons. The number of amides is 3. The van der Waals surface area contributed by atoms with Crippen molar-refractivity contribution in [2.75, 3.05) is 31.2 Å². The second kappa shape index (κ2) is 8.03. The van der Waals surface area contributed by atoms with E-state index in [0.29, 0.717) is 37.6 Å². The first-order valence-electron chi connectivity index (χ1n) is 9.28. The van der Waals surface area contributed by atoms with Crippen LogP contribution in [0.2, 0.25) is 0 Å². The molecule has 2 heterocycles. The van der Waals surface area contributed by atoms with Crippen molar-refractivity contribution in [3.05, 3.63) is 29.6 Å². The monoisotopic (exact) mass is 363 g/mol. The summed E-state index contributed by atoms with van der Waals surface area (Å²) in [4.78, 5) is 28.0. The number of anilines is 1. The lowest BCUT2D eigenvalue weighted by atomic mass is 9.94. The highest BCUT2D eigenvalue weighted by Crippen LogP contribution is 2.25. The zero-order valence-electron chi connectivity index (χ0n) is 15.3. The van der Waals surface area contributed by atoms with E-state index in [1.165, 1.54) is 11.0 Å². The number of carbonyl (C=O) groups excluding carboxylic acids is 2. The number of carbonyl (C=O) groups is 2. The summed E-state index contributed by atoms with van der Waals surface area (Å²) in [6, 6.07) is 3.93. The first-order chi connectivity index (χ1) is 12.5. The SMILES string of the molecule is CCN(CC)c1ccc(CN2C(=O)NC(C3CCCOC3)C2=O)cc1F. The van der Waals surface area contributed by atoms with Gasteiger partial charge in [-0.15, -0.1) is 0 Å². The fraction of sp³-hybridized carbons (Fsp3) is 0.579. The topological polar surface area (TPSA) is 61.9 Å². The molecule has 142 valence electrons. The predicted octanol–water partition coefficient (Wildman–Crippen LogP) is 2.52. The first-order valence-corrected chi connectivity index (χ1v) is 9.28. The molecule has 3 rings (SSSR count). The normalized spacial score (nSPS) is 23.3. The molecule has 2 aliphatic rings. The van der Waals surface area contributed by atoms with Crippen LogP contribution in [-0.4, -0.2) is 49.2 Å². The number of rotatable bonds is 6. The molecule has 0 spiro atoms. The third-order valence-corrected chi connectivity index (χ3v) is 5.18. The van der Waals surface area contributed by atoms with E-state index >= 15 is 0 Å². The summed E-state index contributed by atoms with van der Waals surface area (Å²) in [5.41, 5.74) is 1.13. The van der Waals surface area contributed by atoms with Crippen molar-refractivity contribution < 1.29 is 18.7 Å². The zero-order chi connectivity index (χ0) is 18.7. The minimum absolute atomic E-state index is 0.00646. The van der Waals surface area contributed by atoms with E-state index in [-0.39, 0.29) is 24.2 Å². The highest BCUT2D eigenvalue weighted by Gasteiger charge is 2.42. The maximum atomic E-state index is 14.4. The van der Waals surface area contributed by atoms with Crippen molar-refractivity contribution in [3.8, 4) is 0 Å². The molecule has 6 nitrogen and oxygen atoms in total. The minimum atomic E-state index is -0.539. The number of halogens is 1. The van der Waals surface area contributed by atoms with E-state index < -0.39 is 12.1 Å². The van der Waals surface area contributed by atoms with Crippen molar-refractivity contribution in [2.45, 2.75) is 39.3 Å². The molecule has 2 aliphatic heterocycles. The van der Waals surface area contributed by atoms with Gasteiger partial charge in [0.25, 0.3) is 5.91 Å². The van der Waals surface area contributed by atoms with Crippen LogP contribution in [0.15, 0.2) is 18.2 Å². The Bertz CT molecular complexity index is 672. The maximum absolute atomic E-state index is 14.4. The van der Waals surface area contributed by atoms with Crippen molar-refractivity contribution in [3.63, 3.8) is 0 Å². The molecule has 7 heteroatoms. The second-order valence-corrected chi connectivity index (χ2v) is 6.79. The molecule has 2 saturated heterocycles. The Morgan fingerprint density at radius 3 is 2.69 bits per heavy atom. The quantitative estimate of drug-likeness (QED) is 0.789. The van der Waals surface area contributed by atoms with E-state index in [1.54, 1.807) is 12.1 Å². The van der Waals surface area contributed by atoms with E-state index in [4.69, 9.17) is 4.74 Å². The molecule has 2 unspecified atom stereocenters. The van der Waals surface area contributed by atoms with Gasteiger partial charge in [-0.05, 0) is 44.4 Å². The number of imide groups is 1. The van der Waals surface area contributed by atoms with Crippen molar-refractivity contribution in [2.24, 2.45) is 5.92 Å². The van der Waals surface area contributed by atoms with Crippen LogP contribution in [0.4, 0.5) is 14.9 Å². The van der Waals surface area contributed by atoms with E-state index in [0.717, 1.165) is 12.8 Å². The van der Waals surface area contributed by atoms with Gasteiger partial charge < -0.3 is 15.0 Å². The lowest BCUT2D eigenvalue weighted by Gasteiger charge is -2.25. The second-order valence-electron chi connectivity index (χ2n) is 6.79. The van der Waals surface area contributed by atoms with Crippen LogP contribution in [-0.2, 0) is 16.1 Å².